The molecular formula is C37H42ClF3N2O7S. The van der Waals surface area contributed by atoms with E-state index in [1.807, 2.05) is 30.3 Å². The smallest absolute Gasteiger partial charge is 0.337 e. The van der Waals surface area contributed by atoms with Crippen molar-refractivity contribution in [1.82, 2.24) is 5.06 Å². The van der Waals surface area contributed by atoms with Crippen LogP contribution in [0.2, 0.25) is 5.02 Å². The Kier molecular flexibility index (Phi) is 13.0. The fourth-order valence-corrected chi connectivity index (χ4v) is 9.58. The molecule has 1 fully saturated rings. The molecule has 4 rings (SSSR count). The molecule has 3 aromatic rings. The lowest BCUT2D eigenvalue weighted by Crippen LogP contribution is -2.43. The minimum Gasteiger partial charge on any atom is -0.466 e. The van der Waals surface area contributed by atoms with E-state index in [2.05, 4.69) is 5.32 Å². The Morgan fingerprint density at radius 3 is 2.35 bits per heavy atom. The maximum Gasteiger partial charge on any atom is 0.337 e. The van der Waals surface area contributed by atoms with Gasteiger partial charge in [-0.25, -0.2) is 26.4 Å². The predicted molar refractivity (Wildman–Crippen MR) is 187 cm³/mol. The molecule has 0 spiro atoms. The summed E-state index contributed by atoms with van der Waals surface area (Å²) < 4.78 is 74.6. The summed E-state index contributed by atoms with van der Waals surface area (Å²) in [5, 5.41) is 14.7. The molecule has 0 bridgehead atoms. The second-order valence-electron chi connectivity index (χ2n) is 13.0. The van der Waals surface area contributed by atoms with Crippen molar-refractivity contribution in [3.63, 3.8) is 0 Å². The molecule has 3 aromatic carbocycles. The van der Waals surface area contributed by atoms with Gasteiger partial charge in [-0.3, -0.25) is 4.79 Å². The Morgan fingerprint density at radius 1 is 1.10 bits per heavy atom. The zero-order valence-corrected chi connectivity index (χ0v) is 30.5. The summed E-state index contributed by atoms with van der Waals surface area (Å²) in [5.74, 6) is -8.10. The average Bonchev–Trinajstić information content (AvgIpc) is 3.47. The first-order chi connectivity index (χ1) is 24.0. The number of hydrogen-bond acceptors (Lipinski definition) is 8. The third kappa shape index (κ3) is 9.12. The van der Waals surface area contributed by atoms with Crippen molar-refractivity contribution in [2.75, 3.05) is 19.5 Å². The molecule has 1 aliphatic rings. The Hall–Kier alpha value is -3.91. The first-order valence-electron chi connectivity index (χ1n) is 16.4. The summed E-state index contributed by atoms with van der Waals surface area (Å²) in [6.45, 7) is 5.60. The number of hydrogen-bond donors (Lipinski definition) is 2. The largest absolute Gasteiger partial charge is 0.466 e. The molecule has 0 radical (unpaired) electrons. The van der Waals surface area contributed by atoms with Gasteiger partial charge in [-0.05, 0) is 61.3 Å². The number of hydroxylamine groups is 2. The number of amides is 1. The van der Waals surface area contributed by atoms with Crippen molar-refractivity contribution >= 4 is 39.0 Å². The van der Waals surface area contributed by atoms with Crippen molar-refractivity contribution in [2.24, 2.45) is 17.8 Å². The molecule has 5 atom stereocenters. The van der Waals surface area contributed by atoms with Gasteiger partial charge < -0.3 is 20.0 Å². The van der Waals surface area contributed by atoms with Crippen LogP contribution >= 0.6 is 11.6 Å². The van der Waals surface area contributed by atoms with Crippen molar-refractivity contribution in [3.8, 4) is 0 Å². The van der Waals surface area contributed by atoms with Crippen molar-refractivity contribution in [1.29, 1.82) is 0 Å². The predicted octanol–water partition coefficient (Wildman–Crippen LogP) is 7.49. The quantitative estimate of drug-likeness (QED) is 0.0572. The first kappa shape index (κ1) is 39.9. The van der Waals surface area contributed by atoms with Crippen LogP contribution in [-0.2, 0) is 30.8 Å². The second kappa shape index (κ2) is 16.6. The van der Waals surface area contributed by atoms with Crippen LogP contribution < -0.4 is 5.32 Å². The van der Waals surface area contributed by atoms with Crippen LogP contribution in [0.4, 0.5) is 18.9 Å². The van der Waals surface area contributed by atoms with Gasteiger partial charge in [-0.2, -0.15) is 0 Å². The Bertz CT molecular complexity index is 1860. The van der Waals surface area contributed by atoms with Crippen molar-refractivity contribution < 1.29 is 45.9 Å². The number of nitrogens with one attached hydrogen (secondary N) is 1. The topological polar surface area (TPSA) is 122 Å². The van der Waals surface area contributed by atoms with Gasteiger partial charge in [0.05, 0.1) is 40.0 Å². The average molecular weight is 751 g/mol. The summed E-state index contributed by atoms with van der Waals surface area (Å²) in [4.78, 5) is 31.4. The molecule has 51 heavy (non-hydrogen) atoms. The van der Waals surface area contributed by atoms with E-state index in [1.165, 1.54) is 30.6 Å². The summed E-state index contributed by atoms with van der Waals surface area (Å²) in [7, 11) is -1.33. The lowest BCUT2D eigenvalue weighted by Gasteiger charge is -2.38. The zero-order chi connectivity index (χ0) is 37.7. The molecule has 14 heteroatoms. The van der Waals surface area contributed by atoms with Crippen molar-refractivity contribution in [3.05, 3.63) is 106 Å². The summed E-state index contributed by atoms with van der Waals surface area (Å²) >= 11 is 6.42. The van der Waals surface area contributed by atoms with Gasteiger partial charge in [0.15, 0.2) is 27.3 Å². The van der Waals surface area contributed by atoms with Gasteiger partial charge in [0.1, 0.15) is 6.26 Å². The van der Waals surface area contributed by atoms with E-state index in [0.29, 0.717) is 31.5 Å². The van der Waals surface area contributed by atoms with E-state index in [-0.39, 0.29) is 45.5 Å². The normalized spacial score (nSPS) is 19.7. The fourth-order valence-electron chi connectivity index (χ4n) is 6.73. The molecule has 1 amide bonds. The molecule has 9 nitrogen and oxygen atoms in total. The van der Waals surface area contributed by atoms with Crippen LogP contribution in [0.1, 0.15) is 62.4 Å². The molecule has 3 unspecified atom stereocenters. The highest BCUT2D eigenvalue weighted by atomic mass is 35.5. The van der Waals surface area contributed by atoms with E-state index in [9.17, 15) is 36.3 Å². The molecule has 0 aliphatic heterocycles. The monoisotopic (exact) mass is 750 g/mol. The molecule has 0 saturated heterocycles. The number of sulfone groups is 1. The van der Waals surface area contributed by atoms with Gasteiger partial charge >= 0.3 is 5.97 Å². The maximum absolute atomic E-state index is 14.3. The summed E-state index contributed by atoms with van der Waals surface area (Å²) in [6.07, 6.45) is 2.40. The standard InChI is InChI=1S/C37H42ClF3N2O7S/c1-6-37(46,23(3)28(36(45)49-5)21-50-43(4)20-24-10-8-7-9-11-24)19-26-13-12-22(2)34(26)51(47,48)32-16-25(14-15-29(32)38)35(44)42-27-17-30(39)33(41)31(40)18-27/h7-11,14-18,21-23,26,34,46H,6,12-13,19-20H2,1-5H3,(H,42,44)/b28-21+/t22?,23?,26-,34?,37-/m0/s1. The summed E-state index contributed by atoms with van der Waals surface area (Å²) in [6, 6.07) is 14.3. The number of nitrogens with zero attached hydrogens (tertiary/aromatic N) is 1. The number of aliphatic hydroxyl groups is 1. The molecular weight excluding hydrogens is 709 g/mol. The molecule has 1 aliphatic carbocycles. The molecule has 0 heterocycles. The van der Waals surface area contributed by atoms with Crippen LogP contribution in [0.5, 0.6) is 0 Å². The minimum absolute atomic E-state index is 0.00653. The molecule has 0 aromatic heterocycles. The third-order valence-corrected chi connectivity index (χ3v) is 12.6. The van der Waals surface area contributed by atoms with Crippen LogP contribution in [0.15, 0.2) is 77.4 Å². The number of anilines is 1. The number of ether oxygens (including phenoxy) is 1. The van der Waals surface area contributed by atoms with Gasteiger partial charge in [0.2, 0.25) is 0 Å². The van der Waals surface area contributed by atoms with Gasteiger partial charge in [0, 0.05) is 36.3 Å². The minimum atomic E-state index is -4.24. The fraction of sp³-hybridized carbons (Fsp3) is 0.405. The number of esters is 1. The maximum atomic E-state index is 14.3. The van der Waals surface area contributed by atoms with Gasteiger partial charge in [-0.15, -0.1) is 5.06 Å². The van der Waals surface area contributed by atoms with Crippen LogP contribution in [-0.4, -0.2) is 55.5 Å². The van der Waals surface area contributed by atoms with Crippen LogP contribution in [0, 0.1) is 35.2 Å². The summed E-state index contributed by atoms with van der Waals surface area (Å²) in [5.41, 5.74) is -1.07. The zero-order valence-electron chi connectivity index (χ0n) is 29.0. The Labute approximate surface area is 301 Å². The van der Waals surface area contributed by atoms with Crippen LogP contribution in [0.3, 0.4) is 0 Å². The van der Waals surface area contributed by atoms with Gasteiger partial charge in [0.25, 0.3) is 5.91 Å². The third-order valence-electron chi connectivity index (χ3n) is 9.65. The highest BCUT2D eigenvalue weighted by Gasteiger charge is 2.48. The van der Waals surface area contributed by atoms with E-state index < -0.39 is 61.9 Å². The Balaban J connectivity index is 1.59. The van der Waals surface area contributed by atoms with E-state index >= 15 is 0 Å². The number of halogens is 4. The molecule has 2 N–H and O–H groups in total. The number of carbonyl (C=O) groups excluding carboxylic acids is 2. The molecule has 276 valence electrons. The first-order valence-corrected chi connectivity index (χ1v) is 18.4. The SMILES string of the molecule is CC[C@](O)(C[C@@H]1CCC(C)C1S(=O)(=O)c1cc(C(=O)Nc2cc(F)c(F)c(F)c2)ccc1Cl)C(C)/C(=C\ON(C)Cc1ccccc1)C(=O)OC. The lowest BCUT2D eigenvalue weighted by molar-refractivity contribution is -0.140. The van der Waals surface area contributed by atoms with E-state index in [4.69, 9.17) is 21.2 Å². The lowest BCUT2D eigenvalue weighted by atomic mass is 9.75. The number of methoxy groups -OCH3 is 1. The second-order valence-corrected chi connectivity index (χ2v) is 15.5. The van der Waals surface area contributed by atoms with Gasteiger partial charge in [-0.1, -0.05) is 62.7 Å². The van der Waals surface area contributed by atoms with Crippen molar-refractivity contribution in [2.45, 2.75) is 68.7 Å². The molecule has 1 saturated carbocycles. The van der Waals surface area contributed by atoms with E-state index in [0.717, 1.165) is 11.6 Å². The number of carbonyl (C=O) groups is 2. The van der Waals surface area contributed by atoms with E-state index in [1.54, 1.807) is 27.8 Å². The number of benzene rings is 3. The highest BCUT2D eigenvalue weighted by molar-refractivity contribution is 7.92. The Morgan fingerprint density at radius 2 is 1.75 bits per heavy atom. The highest BCUT2D eigenvalue weighted by Crippen LogP contribution is 2.46. The number of rotatable bonds is 14. The van der Waals surface area contributed by atoms with Crippen LogP contribution in [0.25, 0.3) is 0 Å².